The summed E-state index contributed by atoms with van der Waals surface area (Å²) in [5.41, 5.74) is 4.75. The molecular formula is C24H24N2O. The average molecular weight is 356 g/mol. The number of imidazole rings is 1. The van der Waals surface area contributed by atoms with Crippen molar-refractivity contribution >= 4 is 11.0 Å². The molecule has 0 spiro atoms. The van der Waals surface area contributed by atoms with E-state index in [0.717, 1.165) is 43.1 Å². The van der Waals surface area contributed by atoms with E-state index in [4.69, 9.17) is 9.72 Å². The summed E-state index contributed by atoms with van der Waals surface area (Å²) in [5.74, 6) is 2.02. The van der Waals surface area contributed by atoms with Crippen LogP contribution in [0.25, 0.3) is 11.0 Å². The number of rotatable bonds is 7. The normalized spacial score (nSPS) is 11.0. The molecule has 1 heterocycles. The van der Waals surface area contributed by atoms with Gasteiger partial charge < -0.3 is 9.30 Å². The fourth-order valence-electron chi connectivity index (χ4n) is 3.31. The zero-order chi connectivity index (χ0) is 18.5. The van der Waals surface area contributed by atoms with Gasteiger partial charge in [-0.25, -0.2) is 4.98 Å². The third-order valence-electron chi connectivity index (χ3n) is 4.68. The molecule has 0 aliphatic carbocycles. The van der Waals surface area contributed by atoms with E-state index in [1.807, 2.05) is 6.07 Å². The van der Waals surface area contributed by atoms with Crippen molar-refractivity contribution in [1.29, 1.82) is 0 Å². The van der Waals surface area contributed by atoms with Crippen molar-refractivity contribution in [2.24, 2.45) is 0 Å². The molecule has 0 saturated heterocycles. The zero-order valence-electron chi connectivity index (χ0n) is 15.6. The highest BCUT2D eigenvalue weighted by Crippen LogP contribution is 2.21. The van der Waals surface area contributed by atoms with Crippen LogP contribution in [0, 0.1) is 0 Å². The minimum atomic E-state index is 0.757. The summed E-state index contributed by atoms with van der Waals surface area (Å²) in [6.45, 7) is 3.68. The van der Waals surface area contributed by atoms with Crippen LogP contribution < -0.4 is 4.74 Å². The van der Waals surface area contributed by atoms with Crippen LogP contribution >= 0.6 is 0 Å². The van der Waals surface area contributed by atoms with Crippen molar-refractivity contribution in [1.82, 2.24) is 9.55 Å². The van der Waals surface area contributed by atoms with Gasteiger partial charge in [-0.2, -0.15) is 0 Å². The lowest BCUT2D eigenvalue weighted by Crippen LogP contribution is -2.06. The summed E-state index contributed by atoms with van der Waals surface area (Å²) >= 11 is 0. The molecule has 0 fully saturated rings. The monoisotopic (exact) mass is 356 g/mol. The first kappa shape index (κ1) is 17.3. The summed E-state index contributed by atoms with van der Waals surface area (Å²) in [6, 6.07) is 27.3. The van der Waals surface area contributed by atoms with Gasteiger partial charge in [-0.05, 0) is 41.8 Å². The molecule has 27 heavy (non-hydrogen) atoms. The van der Waals surface area contributed by atoms with Crippen molar-refractivity contribution in [3.8, 4) is 5.75 Å². The second-order valence-electron chi connectivity index (χ2n) is 6.76. The van der Waals surface area contributed by atoms with E-state index in [1.54, 1.807) is 0 Å². The van der Waals surface area contributed by atoms with E-state index in [1.165, 1.54) is 16.6 Å². The average Bonchev–Trinajstić information content (AvgIpc) is 3.05. The van der Waals surface area contributed by atoms with Crippen LogP contribution in [0.3, 0.4) is 0 Å². The summed E-state index contributed by atoms with van der Waals surface area (Å²) in [4.78, 5) is 4.90. The smallest absolute Gasteiger partial charge is 0.119 e. The Morgan fingerprint density at radius 1 is 0.815 bits per heavy atom. The molecule has 0 bridgehead atoms. The Kier molecular flexibility index (Phi) is 5.20. The van der Waals surface area contributed by atoms with Gasteiger partial charge in [0.1, 0.15) is 11.6 Å². The first-order valence-electron chi connectivity index (χ1n) is 9.53. The lowest BCUT2D eigenvalue weighted by atomic mass is 10.1. The summed E-state index contributed by atoms with van der Waals surface area (Å²) in [6.07, 6.45) is 1.85. The topological polar surface area (TPSA) is 27.1 Å². The maximum absolute atomic E-state index is 5.70. The highest BCUT2D eigenvalue weighted by atomic mass is 16.5. The van der Waals surface area contributed by atoms with Crippen molar-refractivity contribution in [3.63, 3.8) is 0 Å². The Balaban J connectivity index is 1.64. The lowest BCUT2D eigenvalue weighted by Gasteiger charge is -2.11. The predicted octanol–water partition coefficient (Wildman–Crippen LogP) is 5.46. The van der Waals surface area contributed by atoms with Gasteiger partial charge in [-0.15, -0.1) is 0 Å². The third kappa shape index (κ3) is 4.03. The van der Waals surface area contributed by atoms with Crippen molar-refractivity contribution in [2.45, 2.75) is 26.3 Å². The summed E-state index contributed by atoms with van der Waals surface area (Å²) in [7, 11) is 0. The van der Waals surface area contributed by atoms with E-state index in [-0.39, 0.29) is 0 Å². The Bertz CT molecular complexity index is 1000. The van der Waals surface area contributed by atoms with Crippen LogP contribution in [0.1, 0.15) is 30.3 Å². The lowest BCUT2D eigenvalue weighted by molar-refractivity contribution is 0.317. The molecule has 0 atom stereocenters. The first-order valence-corrected chi connectivity index (χ1v) is 9.53. The molecule has 3 heteroatoms. The number of hydrogen-bond acceptors (Lipinski definition) is 2. The Hall–Kier alpha value is -3.07. The number of hydrogen-bond donors (Lipinski definition) is 0. The third-order valence-corrected chi connectivity index (χ3v) is 4.68. The van der Waals surface area contributed by atoms with Crippen LogP contribution in [-0.4, -0.2) is 16.2 Å². The van der Waals surface area contributed by atoms with E-state index in [2.05, 4.69) is 84.3 Å². The SMILES string of the molecule is CCCOc1ccc(Cn2c(Cc3ccccc3)nc3ccccc32)cc1. The molecule has 0 saturated carbocycles. The van der Waals surface area contributed by atoms with Gasteiger partial charge >= 0.3 is 0 Å². The van der Waals surface area contributed by atoms with Gasteiger partial charge in [-0.1, -0.05) is 61.5 Å². The van der Waals surface area contributed by atoms with Crippen LogP contribution in [0.15, 0.2) is 78.9 Å². The number of benzene rings is 3. The molecule has 0 N–H and O–H groups in total. The number of aromatic nitrogens is 2. The van der Waals surface area contributed by atoms with Gasteiger partial charge in [0.05, 0.1) is 17.6 Å². The van der Waals surface area contributed by atoms with E-state index in [0.29, 0.717) is 0 Å². The fraction of sp³-hybridized carbons (Fsp3) is 0.208. The van der Waals surface area contributed by atoms with Crippen LogP contribution in [0.5, 0.6) is 5.75 Å². The van der Waals surface area contributed by atoms with E-state index >= 15 is 0 Å². The van der Waals surface area contributed by atoms with Crippen molar-refractivity contribution in [2.75, 3.05) is 6.61 Å². The van der Waals surface area contributed by atoms with Crippen LogP contribution in [-0.2, 0) is 13.0 Å². The van der Waals surface area contributed by atoms with Gasteiger partial charge in [0.2, 0.25) is 0 Å². The minimum Gasteiger partial charge on any atom is -0.494 e. The Morgan fingerprint density at radius 3 is 2.33 bits per heavy atom. The van der Waals surface area contributed by atoms with Gasteiger partial charge in [0.15, 0.2) is 0 Å². The second-order valence-corrected chi connectivity index (χ2v) is 6.76. The molecule has 4 aromatic rings. The molecule has 0 radical (unpaired) electrons. The van der Waals surface area contributed by atoms with Crippen LogP contribution in [0.2, 0.25) is 0 Å². The Labute approximate surface area is 160 Å². The van der Waals surface area contributed by atoms with Crippen molar-refractivity contribution in [3.05, 3.63) is 95.8 Å². The van der Waals surface area contributed by atoms with Gasteiger partial charge in [-0.3, -0.25) is 0 Å². The molecule has 0 unspecified atom stereocenters. The Morgan fingerprint density at radius 2 is 1.56 bits per heavy atom. The van der Waals surface area contributed by atoms with Crippen molar-refractivity contribution < 1.29 is 4.74 Å². The summed E-state index contributed by atoms with van der Waals surface area (Å²) < 4.78 is 8.02. The largest absolute Gasteiger partial charge is 0.494 e. The zero-order valence-corrected chi connectivity index (χ0v) is 15.6. The molecule has 3 aromatic carbocycles. The molecule has 3 nitrogen and oxygen atoms in total. The van der Waals surface area contributed by atoms with Gasteiger partial charge in [0, 0.05) is 13.0 Å². The highest BCUT2D eigenvalue weighted by molar-refractivity contribution is 5.76. The summed E-state index contributed by atoms with van der Waals surface area (Å²) in [5, 5.41) is 0. The fourth-order valence-corrected chi connectivity index (χ4v) is 3.31. The minimum absolute atomic E-state index is 0.757. The number of para-hydroxylation sites is 2. The molecule has 0 aliphatic rings. The second kappa shape index (κ2) is 8.09. The predicted molar refractivity (Wildman–Crippen MR) is 110 cm³/mol. The number of nitrogens with zero attached hydrogens (tertiary/aromatic N) is 2. The molecule has 4 rings (SSSR count). The molecular weight excluding hydrogens is 332 g/mol. The molecule has 136 valence electrons. The number of ether oxygens (including phenoxy) is 1. The first-order chi connectivity index (χ1) is 13.3. The maximum atomic E-state index is 5.70. The van der Waals surface area contributed by atoms with E-state index in [9.17, 15) is 0 Å². The molecule has 0 amide bonds. The maximum Gasteiger partial charge on any atom is 0.119 e. The highest BCUT2D eigenvalue weighted by Gasteiger charge is 2.11. The van der Waals surface area contributed by atoms with E-state index < -0.39 is 0 Å². The standard InChI is InChI=1S/C24H24N2O/c1-2-16-27-21-14-12-20(13-15-21)18-26-23-11-7-6-10-22(23)25-24(26)17-19-8-4-3-5-9-19/h3-15H,2,16-18H2,1H3. The quantitative estimate of drug-likeness (QED) is 0.439. The molecule has 1 aromatic heterocycles. The van der Waals surface area contributed by atoms with Crippen LogP contribution in [0.4, 0.5) is 0 Å². The van der Waals surface area contributed by atoms with Gasteiger partial charge in [0.25, 0.3) is 0 Å². The molecule has 0 aliphatic heterocycles. The number of fused-ring (bicyclic) bond motifs is 1.